The molecule has 2 aromatic rings. The molecule has 1 saturated heterocycles. The zero-order valence-electron chi connectivity index (χ0n) is 15.6. The monoisotopic (exact) mass is 409 g/mol. The molecule has 1 fully saturated rings. The minimum absolute atomic E-state index is 0.0985. The van der Waals surface area contributed by atoms with Gasteiger partial charge in [-0.3, -0.25) is 14.2 Å². The molecule has 3 rings (SSSR count). The Morgan fingerprint density at radius 1 is 1.37 bits per heavy atom. The summed E-state index contributed by atoms with van der Waals surface area (Å²) in [5.41, 5.74) is 0.440. The Hall–Kier alpha value is -1.57. The number of likely N-dealkylation sites (tertiary alicyclic amines) is 1. The van der Waals surface area contributed by atoms with Gasteiger partial charge >= 0.3 is 0 Å². The molecule has 1 aliphatic heterocycles. The van der Waals surface area contributed by atoms with Crippen molar-refractivity contribution < 1.29 is 9.53 Å². The first-order valence-electron chi connectivity index (χ1n) is 9.15. The second-order valence-electron chi connectivity index (χ2n) is 6.65. The second kappa shape index (κ2) is 9.08. The van der Waals surface area contributed by atoms with E-state index in [-0.39, 0.29) is 16.7 Å². The number of aromatic nitrogens is 2. The van der Waals surface area contributed by atoms with Crippen LogP contribution in [0.3, 0.4) is 0 Å². The fourth-order valence-electron chi connectivity index (χ4n) is 3.23. The van der Waals surface area contributed by atoms with Crippen molar-refractivity contribution >= 4 is 40.2 Å². The van der Waals surface area contributed by atoms with Crippen molar-refractivity contribution in [2.24, 2.45) is 0 Å². The number of carbonyl (C=O) groups excluding carboxylic acids is 1. The molecule has 1 amide bonds. The number of thioether (sulfide) groups is 1. The van der Waals surface area contributed by atoms with E-state index in [0.29, 0.717) is 40.7 Å². The third-order valence-corrected chi connectivity index (χ3v) is 5.97. The summed E-state index contributed by atoms with van der Waals surface area (Å²) >= 11 is 7.41. The highest BCUT2D eigenvalue weighted by atomic mass is 35.5. The molecule has 0 bridgehead atoms. The van der Waals surface area contributed by atoms with E-state index in [4.69, 9.17) is 16.3 Å². The molecule has 1 atom stereocenters. The van der Waals surface area contributed by atoms with Crippen molar-refractivity contribution in [2.75, 3.05) is 26.8 Å². The van der Waals surface area contributed by atoms with Crippen LogP contribution >= 0.6 is 23.4 Å². The van der Waals surface area contributed by atoms with Crippen LogP contribution in [0.1, 0.15) is 26.2 Å². The van der Waals surface area contributed by atoms with E-state index in [1.807, 2.05) is 11.8 Å². The van der Waals surface area contributed by atoms with Gasteiger partial charge in [0.25, 0.3) is 5.56 Å². The lowest BCUT2D eigenvalue weighted by atomic mass is 10.2. The van der Waals surface area contributed by atoms with E-state index >= 15 is 0 Å². The lowest BCUT2D eigenvalue weighted by Crippen LogP contribution is -2.34. The summed E-state index contributed by atoms with van der Waals surface area (Å²) in [5, 5.41) is 1.30. The number of fused-ring (bicyclic) bond motifs is 1. The van der Waals surface area contributed by atoms with Gasteiger partial charge in [-0.05, 0) is 44.4 Å². The summed E-state index contributed by atoms with van der Waals surface area (Å²) in [6.45, 7) is 4.54. The van der Waals surface area contributed by atoms with Gasteiger partial charge in [0, 0.05) is 38.4 Å². The first-order valence-corrected chi connectivity index (χ1v) is 10.4. The molecule has 146 valence electrons. The van der Waals surface area contributed by atoms with Crippen LogP contribution in [-0.2, 0) is 16.1 Å². The van der Waals surface area contributed by atoms with E-state index in [1.165, 1.54) is 11.8 Å². The minimum atomic E-state index is -0.305. The molecule has 0 aliphatic carbocycles. The van der Waals surface area contributed by atoms with Gasteiger partial charge in [0.1, 0.15) is 0 Å². The highest BCUT2D eigenvalue weighted by Gasteiger charge is 2.25. The Balaban J connectivity index is 1.94. The van der Waals surface area contributed by atoms with Crippen LogP contribution < -0.4 is 5.56 Å². The summed E-state index contributed by atoms with van der Waals surface area (Å²) in [5.74, 6) is 0.0985. The summed E-state index contributed by atoms with van der Waals surface area (Å²) < 4.78 is 6.76. The minimum Gasteiger partial charge on any atom is -0.385 e. The molecule has 0 saturated carbocycles. The first-order chi connectivity index (χ1) is 13.0. The van der Waals surface area contributed by atoms with Crippen molar-refractivity contribution in [3.8, 4) is 0 Å². The van der Waals surface area contributed by atoms with E-state index in [2.05, 4.69) is 4.98 Å². The van der Waals surface area contributed by atoms with E-state index in [0.717, 1.165) is 25.9 Å². The molecule has 6 nitrogen and oxygen atoms in total. The number of ether oxygens (including phenoxy) is 1. The molecule has 0 N–H and O–H groups in total. The highest BCUT2D eigenvalue weighted by Crippen LogP contribution is 2.26. The van der Waals surface area contributed by atoms with E-state index in [9.17, 15) is 9.59 Å². The smallest absolute Gasteiger partial charge is 0.262 e. The summed E-state index contributed by atoms with van der Waals surface area (Å²) in [6, 6.07) is 5.08. The Labute approximate surface area is 167 Å². The van der Waals surface area contributed by atoms with Crippen LogP contribution in [-0.4, -0.2) is 52.4 Å². The molecule has 0 spiro atoms. The van der Waals surface area contributed by atoms with Crippen molar-refractivity contribution in [1.29, 1.82) is 0 Å². The van der Waals surface area contributed by atoms with Crippen LogP contribution in [0.4, 0.5) is 0 Å². The van der Waals surface area contributed by atoms with Crippen LogP contribution in [0.5, 0.6) is 0 Å². The number of rotatable bonds is 7. The number of amides is 1. The first kappa shape index (κ1) is 20.2. The Bertz CT molecular complexity index is 880. The van der Waals surface area contributed by atoms with Gasteiger partial charge in [0.05, 0.1) is 16.2 Å². The molecular weight excluding hydrogens is 386 g/mol. The van der Waals surface area contributed by atoms with Crippen LogP contribution in [0, 0.1) is 0 Å². The van der Waals surface area contributed by atoms with Gasteiger partial charge in [-0.15, -0.1) is 0 Å². The maximum atomic E-state index is 13.0. The van der Waals surface area contributed by atoms with Gasteiger partial charge in [0.15, 0.2) is 5.16 Å². The lowest BCUT2D eigenvalue weighted by Gasteiger charge is -2.21. The van der Waals surface area contributed by atoms with Gasteiger partial charge in [-0.2, -0.15) is 0 Å². The summed E-state index contributed by atoms with van der Waals surface area (Å²) in [4.78, 5) is 32.2. The van der Waals surface area contributed by atoms with Crippen LogP contribution in [0.15, 0.2) is 28.2 Å². The quantitative estimate of drug-likeness (QED) is 0.399. The number of carbonyl (C=O) groups is 1. The van der Waals surface area contributed by atoms with Crippen LogP contribution in [0.25, 0.3) is 10.9 Å². The highest BCUT2D eigenvalue weighted by molar-refractivity contribution is 8.00. The largest absolute Gasteiger partial charge is 0.385 e. The molecule has 1 aromatic heterocycles. The molecular formula is C19H24ClN3O3S. The zero-order chi connectivity index (χ0) is 19.4. The maximum absolute atomic E-state index is 13.0. The van der Waals surface area contributed by atoms with Gasteiger partial charge in [-0.1, -0.05) is 23.4 Å². The standard InChI is InChI=1S/C19H24ClN3O3S/c1-13(17(24)22-8-3-4-9-22)27-19-21-16-12-14(20)6-7-15(16)18(25)23(19)10-5-11-26-2/h6-7,12-13H,3-5,8-11H2,1-2H3. The third kappa shape index (κ3) is 4.65. The van der Waals surface area contributed by atoms with E-state index in [1.54, 1.807) is 29.9 Å². The average Bonchev–Trinajstić information content (AvgIpc) is 3.18. The fraction of sp³-hybridized carbons (Fsp3) is 0.526. The third-order valence-electron chi connectivity index (χ3n) is 4.66. The van der Waals surface area contributed by atoms with Crippen molar-refractivity contribution in [1.82, 2.24) is 14.5 Å². The average molecular weight is 410 g/mol. The molecule has 27 heavy (non-hydrogen) atoms. The van der Waals surface area contributed by atoms with Crippen molar-refractivity contribution in [3.05, 3.63) is 33.6 Å². The summed E-state index contributed by atoms with van der Waals surface area (Å²) in [6.07, 6.45) is 2.80. The number of halogens is 1. The molecule has 1 unspecified atom stereocenters. The fourth-order valence-corrected chi connectivity index (χ4v) is 4.42. The second-order valence-corrected chi connectivity index (χ2v) is 8.40. The van der Waals surface area contributed by atoms with Gasteiger partial charge in [0.2, 0.25) is 5.91 Å². The number of benzene rings is 1. The van der Waals surface area contributed by atoms with Crippen molar-refractivity contribution in [3.63, 3.8) is 0 Å². The van der Waals surface area contributed by atoms with Gasteiger partial charge in [-0.25, -0.2) is 4.98 Å². The molecule has 1 aliphatic rings. The Morgan fingerprint density at radius 3 is 2.81 bits per heavy atom. The number of hydrogen-bond donors (Lipinski definition) is 0. The predicted molar refractivity (Wildman–Crippen MR) is 109 cm³/mol. The summed E-state index contributed by atoms with van der Waals surface area (Å²) in [7, 11) is 1.63. The molecule has 0 radical (unpaired) electrons. The molecule has 1 aromatic carbocycles. The van der Waals surface area contributed by atoms with E-state index < -0.39 is 0 Å². The van der Waals surface area contributed by atoms with Crippen LogP contribution in [0.2, 0.25) is 5.02 Å². The number of nitrogens with zero attached hydrogens (tertiary/aromatic N) is 3. The predicted octanol–water partition coefficient (Wildman–Crippen LogP) is 3.19. The lowest BCUT2D eigenvalue weighted by molar-refractivity contribution is -0.129. The Kier molecular flexibility index (Phi) is 6.78. The van der Waals surface area contributed by atoms with Crippen molar-refractivity contribution in [2.45, 2.75) is 43.1 Å². The normalized spacial score (nSPS) is 15.4. The number of methoxy groups -OCH3 is 1. The molecule has 2 heterocycles. The molecule has 8 heteroatoms. The Morgan fingerprint density at radius 2 is 2.11 bits per heavy atom. The zero-order valence-corrected chi connectivity index (χ0v) is 17.2. The maximum Gasteiger partial charge on any atom is 0.262 e. The number of hydrogen-bond acceptors (Lipinski definition) is 5. The SMILES string of the molecule is COCCCn1c(SC(C)C(=O)N2CCCC2)nc2cc(Cl)ccc2c1=O. The van der Waals surface area contributed by atoms with Gasteiger partial charge < -0.3 is 9.64 Å². The topological polar surface area (TPSA) is 64.4 Å².